The van der Waals surface area contributed by atoms with Gasteiger partial charge < -0.3 is 10.1 Å². The molecular formula is C22H19Cl2N5O3S. The molecular weight excluding hydrogens is 485 g/mol. The van der Waals surface area contributed by atoms with Gasteiger partial charge in [-0.05, 0) is 41.8 Å². The quantitative estimate of drug-likeness (QED) is 0.363. The second-order valence-electron chi connectivity index (χ2n) is 6.91. The molecule has 0 aliphatic heterocycles. The Bertz CT molecular complexity index is 1280. The summed E-state index contributed by atoms with van der Waals surface area (Å²) < 4.78 is 6.79. The van der Waals surface area contributed by atoms with Crippen molar-refractivity contribution in [2.24, 2.45) is 0 Å². The Morgan fingerprint density at radius 1 is 1.21 bits per heavy atom. The van der Waals surface area contributed by atoms with Crippen LogP contribution in [0.1, 0.15) is 10.9 Å². The van der Waals surface area contributed by atoms with Crippen LogP contribution < -0.4 is 15.0 Å². The first-order valence-electron chi connectivity index (χ1n) is 9.84. The highest BCUT2D eigenvalue weighted by atomic mass is 35.5. The number of benzene rings is 2. The maximum absolute atomic E-state index is 13.5. The molecule has 1 atom stereocenters. The highest BCUT2D eigenvalue weighted by molar-refractivity contribution is 7.10. The summed E-state index contributed by atoms with van der Waals surface area (Å²) in [4.78, 5) is 28.4. The molecule has 170 valence electrons. The first kappa shape index (κ1) is 23.0. The van der Waals surface area contributed by atoms with Crippen molar-refractivity contribution < 1.29 is 14.3 Å². The van der Waals surface area contributed by atoms with Crippen LogP contribution in [-0.2, 0) is 16.3 Å². The molecule has 4 aromatic rings. The average Bonchev–Trinajstić information content (AvgIpc) is 3.50. The highest BCUT2D eigenvalue weighted by Crippen LogP contribution is 2.35. The molecule has 0 aliphatic carbocycles. The number of carbonyl (C=O) groups excluding carboxylic acids is 2. The molecule has 2 aromatic heterocycles. The predicted molar refractivity (Wildman–Crippen MR) is 129 cm³/mol. The zero-order chi connectivity index (χ0) is 23.4. The van der Waals surface area contributed by atoms with Gasteiger partial charge in [0.15, 0.2) is 0 Å². The molecule has 4 rings (SSSR count). The maximum Gasteiger partial charge on any atom is 0.250 e. The minimum absolute atomic E-state index is 0.0769. The molecule has 11 heteroatoms. The van der Waals surface area contributed by atoms with Crippen LogP contribution >= 0.6 is 34.5 Å². The molecule has 33 heavy (non-hydrogen) atoms. The van der Waals surface area contributed by atoms with E-state index in [1.54, 1.807) is 28.9 Å². The lowest BCUT2D eigenvalue weighted by Crippen LogP contribution is -2.44. The van der Waals surface area contributed by atoms with Gasteiger partial charge in [0.05, 0.1) is 17.6 Å². The minimum atomic E-state index is -0.963. The number of fused-ring (bicyclic) bond motifs is 1. The van der Waals surface area contributed by atoms with E-state index < -0.39 is 17.9 Å². The van der Waals surface area contributed by atoms with Gasteiger partial charge in [0.25, 0.3) is 0 Å². The number of aromatic nitrogens is 3. The normalized spacial score (nSPS) is 11.8. The number of anilines is 1. The average molecular weight is 504 g/mol. The Hall–Kier alpha value is -3.14. The Labute approximate surface area is 203 Å². The zero-order valence-electron chi connectivity index (χ0n) is 17.4. The first-order valence-corrected chi connectivity index (χ1v) is 11.6. The summed E-state index contributed by atoms with van der Waals surface area (Å²) in [6, 6.07) is 14.9. The van der Waals surface area contributed by atoms with Gasteiger partial charge in [-0.1, -0.05) is 35.0 Å². The van der Waals surface area contributed by atoms with Crippen LogP contribution in [0, 0.1) is 0 Å². The minimum Gasteiger partial charge on any atom is -0.495 e. The lowest BCUT2D eigenvalue weighted by atomic mass is 10.1. The van der Waals surface area contributed by atoms with Crippen LogP contribution in [0.25, 0.3) is 11.0 Å². The van der Waals surface area contributed by atoms with Gasteiger partial charge in [-0.25, -0.2) is 4.68 Å². The number of methoxy groups -OCH3 is 1. The fourth-order valence-electron chi connectivity index (χ4n) is 3.41. The fourth-order valence-corrected chi connectivity index (χ4v) is 4.60. The van der Waals surface area contributed by atoms with Gasteiger partial charge >= 0.3 is 0 Å². The smallest absolute Gasteiger partial charge is 0.250 e. The molecule has 2 aromatic carbocycles. The van der Waals surface area contributed by atoms with Crippen molar-refractivity contribution in [3.63, 3.8) is 0 Å². The van der Waals surface area contributed by atoms with Crippen molar-refractivity contribution in [2.75, 3.05) is 17.9 Å². The second-order valence-corrected chi connectivity index (χ2v) is 8.56. The molecule has 1 unspecified atom stereocenters. The summed E-state index contributed by atoms with van der Waals surface area (Å²) in [5.41, 5.74) is 1.92. The third-order valence-electron chi connectivity index (χ3n) is 4.94. The van der Waals surface area contributed by atoms with E-state index in [9.17, 15) is 9.59 Å². The van der Waals surface area contributed by atoms with Crippen molar-refractivity contribution >= 4 is 63.1 Å². The standard InChI is InChI=1S/C22H19Cl2N5O3S/c1-32-18-9-8-14(11-15(18)24)29(20(30)12-23)21(19-7-4-10-33-19)22(31)25-13-28-17-6-3-2-5-16(17)26-27-28/h2-11,21H,12-13H2,1H3,(H,25,31). The van der Waals surface area contributed by atoms with Gasteiger partial charge in [-0.2, -0.15) is 0 Å². The molecule has 1 N–H and O–H groups in total. The van der Waals surface area contributed by atoms with E-state index in [0.717, 1.165) is 5.52 Å². The first-order chi connectivity index (χ1) is 16.0. The van der Waals surface area contributed by atoms with Crippen molar-refractivity contribution in [1.82, 2.24) is 20.3 Å². The summed E-state index contributed by atoms with van der Waals surface area (Å²) in [7, 11) is 1.50. The Morgan fingerprint density at radius 3 is 2.73 bits per heavy atom. The van der Waals surface area contributed by atoms with E-state index in [4.69, 9.17) is 27.9 Å². The lowest BCUT2D eigenvalue weighted by Gasteiger charge is -2.30. The van der Waals surface area contributed by atoms with E-state index in [-0.39, 0.29) is 12.5 Å². The van der Waals surface area contributed by atoms with Crippen molar-refractivity contribution in [3.8, 4) is 5.75 Å². The molecule has 0 spiro atoms. The Kier molecular flexibility index (Phi) is 7.12. The predicted octanol–water partition coefficient (Wildman–Crippen LogP) is 4.24. The number of hydrogen-bond donors (Lipinski definition) is 1. The topological polar surface area (TPSA) is 89.4 Å². The lowest BCUT2D eigenvalue weighted by molar-refractivity contribution is -0.126. The van der Waals surface area contributed by atoms with Crippen LogP contribution in [0.15, 0.2) is 60.0 Å². The third-order valence-corrected chi connectivity index (χ3v) is 6.39. The van der Waals surface area contributed by atoms with Gasteiger partial charge in [0.1, 0.15) is 29.9 Å². The highest BCUT2D eigenvalue weighted by Gasteiger charge is 2.33. The molecule has 0 aliphatic rings. The summed E-state index contributed by atoms with van der Waals surface area (Å²) in [5.74, 6) is -0.707. The number of ether oxygens (including phenoxy) is 1. The monoisotopic (exact) mass is 503 g/mol. The number of para-hydroxylation sites is 1. The van der Waals surface area contributed by atoms with E-state index in [0.29, 0.717) is 26.9 Å². The van der Waals surface area contributed by atoms with E-state index in [2.05, 4.69) is 15.6 Å². The maximum atomic E-state index is 13.5. The summed E-state index contributed by atoms with van der Waals surface area (Å²) in [6.45, 7) is 0.0769. The Balaban J connectivity index is 1.67. The zero-order valence-corrected chi connectivity index (χ0v) is 19.8. The number of amides is 2. The van der Waals surface area contributed by atoms with E-state index >= 15 is 0 Å². The molecule has 0 saturated heterocycles. The van der Waals surface area contributed by atoms with Crippen molar-refractivity contribution in [3.05, 3.63) is 69.9 Å². The number of hydrogen-bond acceptors (Lipinski definition) is 6. The molecule has 0 saturated carbocycles. The number of rotatable bonds is 8. The number of alkyl halides is 1. The number of nitrogens with one attached hydrogen (secondary N) is 1. The van der Waals surface area contributed by atoms with Gasteiger partial charge in [0.2, 0.25) is 11.8 Å². The van der Waals surface area contributed by atoms with Crippen LogP contribution in [0.2, 0.25) is 5.02 Å². The van der Waals surface area contributed by atoms with Crippen molar-refractivity contribution in [2.45, 2.75) is 12.7 Å². The second kappa shape index (κ2) is 10.2. The molecule has 0 fully saturated rings. The fraction of sp³-hybridized carbons (Fsp3) is 0.182. The number of nitrogens with zero attached hydrogens (tertiary/aromatic N) is 4. The van der Waals surface area contributed by atoms with E-state index in [1.165, 1.54) is 23.3 Å². The molecule has 0 radical (unpaired) electrons. The summed E-state index contributed by atoms with van der Waals surface area (Å²) in [5, 5.41) is 13.2. The number of thiophene rings is 1. The van der Waals surface area contributed by atoms with Crippen LogP contribution in [0.4, 0.5) is 5.69 Å². The van der Waals surface area contributed by atoms with Crippen LogP contribution in [-0.4, -0.2) is 39.8 Å². The molecule has 2 amide bonds. The largest absolute Gasteiger partial charge is 0.495 e. The van der Waals surface area contributed by atoms with Gasteiger partial charge in [0, 0.05) is 10.6 Å². The molecule has 8 nitrogen and oxygen atoms in total. The Morgan fingerprint density at radius 2 is 2.03 bits per heavy atom. The SMILES string of the molecule is COc1ccc(N(C(=O)CCl)C(C(=O)NCn2nnc3ccccc32)c2cccs2)cc1Cl. The van der Waals surface area contributed by atoms with Crippen molar-refractivity contribution in [1.29, 1.82) is 0 Å². The van der Waals surface area contributed by atoms with E-state index in [1.807, 2.05) is 35.7 Å². The van der Waals surface area contributed by atoms with Crippen LogP contribution in [0.3, 0.4) is 0 Å². The molecule has 2 heterocycles. The molecule has 0 bridgehead atoms. The van der Waals surface area contributed by atoms with Gasteiger partial charge in [-0.3, -0.25) is 14.5 Å². The summed E-state index contributed by atoms with van der Waals surface area (Å²) >= 11 is 13.6. The summed E-state index contributed by atoms with van der Waals surface area (Å²) in [6.07, 6.45) is 0. The van der Waals surface area contributed by atoms with Crippen LogP contribution in [0.5, 0.6) is 5.75 Å². The number of carbonyl (C=O) groups is 2. The third kappa shape index (κ3) is 4.80. The van der Waals surface area contributed by atoms with Gasteiger partial charge in [-0.15, -0.1) is 28.0 Å². The number of halogens is 2.